The molecule has 0 radical (unpaired) electrons. The van der Waals surface area contributed by atoms with Crippen molar-refractivity contribution >= 4 is 11.9 Å². The number of alkyl halides is 6. The number of hydrogen-bond acceptors (Lipinski definition) is 4. The van der Waals surface area contributed by atoms with E-state index in [9.17, 15) is 35.9 Å². The van der Waals surface area contributed by atoms with E-state index >= 15 is 0 Å². The molecule has 2 fully saturated rings. The number of allylic oxidation sites excluding steroid dienone is 1. The number of carbonyl (C=O) groups excluding carboxylic acids is 2. The lowest BCUT2D eigenvalue weighted by molar-refractivity contribution is -0.198. The summed E-state index contributed by atoms with van der Waals surface area (Å²) < 4.78 is 88.8. The maximum absolute atomic E-state index is 13.0. The fourth-order valence-electron chi connectivity index (χ4n) is 4.93. The Balaban J connectivity index is 1.59. The zero-order chi connectivity index (χ0) is 23.5. The smallest absolute Gasteiger partial charge is 0.391 e. The fraction of sp³-hybridized carbons (Fsp3) is 0.818. The van der Waals surface area contributed by atoms with Gasteiger partial charge in [-0.15, -0.1) is 0 Å². The highest BCUT2D eigenvalue weighted by atomic mass is 19.4. The molecule has 6 unspecified atom stereocenters. The third-order valence-corrected chi connectivity index (χ3v) is 6.74. The van der Waals surface area contributed by atoms with Crippen LogP contribution < -0.4 is 0 Å². The maximum atomic E-state index is 13.0. The van der Waals surface area contributed by atoms with E-state index in [1.165, 1.54) is 6.08 Å². The minimum Gasteiger partial charge on any atom is -0.462 e. The number of hydrogen-bond donors (Lipinski definition) is 0. The summed E-state index contributed by atoms with van der Waals surface area (Å²) in [5.41, 5.74) is 0. The van der Waals surface area contributed by atoms with Gasteiger partial charge in [-0.2, -0.15) is 26.3 Å². The summed E-state index contributed by atoms with van der Waals surface area (Å²) in [5, 5.41) is 0. The SMILES string of the molecule is O=C(OC1CCCC(C(F)(F)F)C1)C1C=CCCC1C(=O)OC1CCCC(C(F)(F)F)C1. The van der Waals surface area contributed by atoms with E-state index in [0.29, 0.717) is 25.7 Å². The summed E-state index contributed by atoms with van der Waals surface area (Å²) in [6.07, 6.45) is -5.88. The van der Waals surface area contributed by atoms with Gasteiger partial charge in [0.05, 0.1) is 23.7 Å². The van der Waals surface area contributed by atoms with Crippen LogP contribution in [0.2, 0.25) is 0 Å². The highest BCUT2D eigenvalue weighted by Crippen LogP contribution is 2.40. The molecule has 0 N–H and O–H groups in total. The van der Waals surface area contributed by atoms with E-state index in [2.05, 4.69) is 0 Å². The highest BCUT2D eigenvalue weighted by molar-refractivity contribution is 5.84. The molecule has 0 aromatic rings. The van der Waals surface area contributed by atoms with E-state index < -0.39 is 60.2 Å². The second-order valence-electron chi connectivity index (χ2n) is 9.07. The number of ether oxygens (including phenoxy) is 2. The molecular formula is C22H28F6O4. The minimum atomic E-state index is -4.35. The molecular weight excluding hydrogens is 442 g/mol. The van der Waals surface area contributed by atoms with Crippen molar-refractivity contribution in [3.05, 3.63) is 12.2 Å². The van der Waals surface area contributed by atoms with Crippen molar-refractivity contribution < 1.29 is 45.4 Å². The number of esters is 2. The van der Waals surface area contributed by atoms with Gasteiger partial charge in [-0.1, -0.05) is 12.2 Å². The molecule has 3 rings (SSSR count). The van der Waals surface area contributed by atoms with Crippen molar-refractivity contribution in [1.29, 1.82) is 0 Å². The molecule has 0 saturated heterocycles. The van der Waals surface area contributed by atoms with Crippen LogP contribution in [0.5, 0.6) is 0 Å². The first-order chi connectivity index (χ1) is 14.9. The van der Waals surface area contributed by atoms with Crippen LogP contribution in [0.25, 0.3) is 0 Å². The van der Waals surface area contributed by atoms with Crippen molar-refractivity contribution in [2.45, 2.75) is 88.8 Å². The Morgan fingerprint density at radius 2 is 1.22 bits per heavy atom. The molecule has 0 bridgehead atoms. The Bertz CT molecular complexity index is 702. The summed E-state index contributed by atoms with van der Waals surface area (Å²) in [5.74, 6) is -6.50. The molecule has 182 valence electrons. The quantitative estimate of drug-likeness (QED) is 0.292. The van der Waals surface area contributed by atoms with Crippen molar-refractivity contribution in [2.24, 2.45) is 23.7 Å². The average molecular weight is 470 g/mol. The summed E-state index contributed by atoms with van der Waals surface area (Å²) in [7, 11) is 0. The fourth-order valence-corrected chi connectivity index (χ4v) is 4.93. The minimum absolute atomic E-state index is 0.00102. The molecule has 3 aliphatic carbocycles. The number of halogens is 6. The van der Waals surface area contributed by atoms with Crippen molar-refractivity contribution in [3.8, 4) is 0 Å². The second-order valence-corrected chi connectivity index (χ2v) is 9.07. The lowest BCUT2D eigenvalue weighted by Crippen LogP contribution is -2.39. The topological polar surface area (TPSA) is 52.6 Å². The second kappa shape index (κ2) is 10.0. The van der Waals surface area contributed by atoms with Gasteiger partial charge in [-0.25, -0.2) is 0 Å². The molecule has 0 aromatic heterocycles. The first-order valence-electron chi connectivity index (χ1n) is 11.2. The largest absolute Gasteiger partial charge is 0.462 e. The number of carbonyl (C=O) groups is 2. The monoisotopic (exact) mass is 470 g/mol. The van der Waals surface area contributed by atoms with Gasteiger partial charge in [-0.3, -0.25) is 9.59 Å². The third-order valence-electron chi connectivity index (χ3n) is 6.74. The van der Waals surface area contributed by atoms with Crippen LogP contribution in [0.3, 0.4) is 0 Å². The van der Waals surface area contributed by atoms with E-state index in [1.807, 2.05) is 0 Å². The number of rotatable bonds is 4. The summed E-state index contributed by atoms with van der Waals surface area (Å²) >= 11 is 0. The van der Waals surface area contributed by atoms with Crippen LogP contribution in [0.1, 0.15) is 64.2 Å². The normalized spacial score (nSPS) is 34.1. The zero-order valence-corrected chi connectivity index (χ0v) is 17.6. The van der Waals surface area contributed by atoms with Gasteiger partial charge in [0.1, 0.15) is 12.2 Å². The summed E-state index contributed by atoms with van der Waals surface area (Å²) in [6.45, 7) is 0. The Morgan fingerprint density at radius 3 is 1.72 bits per heavy atom. The van der Waals surface area contributed by atoms with E-state index in [-0.39, 0.29) is 38.5 Å². The van der Waals surface area contributed by atoms with Crippen molar-refractivity contribution in [1.82, 2.24) is 0 Å². The molecule has 6 atom stereocenters. The molecule has 4 nitrogen and oxygen atoms in total. The first kappa shape index (κ1) is 24.9. The van der Waals surface area contributed by atoms with Crippen LogP contribution in [0.15, 0.2) is 12.2 Å². The van der Waals surface area contributed by atoms with Gasteiger partial charge in [0, 0.05) is 0 Å². The highest BCUT2D eigenvalue weighted by Gasteiger charge is 2.46. The molecule has 2 saturated carbocycles. The van der Waals surface area contributed by atoms with Gasteiger partial charge in [0.2, 0.25) is 0 Å². The van der Waals surface area contributed by atoms with Gasteiger partial charge in [0.25, 0.3) is 0 Å². The molecule has 0 aromatic carbocycles. The van der Waals surface area contributed by atoms with E-state index in [0.717, 1.165) is 0 Å². The van der Waals surface area contributed by atoms with Crippen molar-refractivity contribution in [3.63, 3.8) is 0 Å². The predicted octanol–water partition coefficient (Wildman–Crippen LogP) is 5.90. The molecule has 32 heavy (non-hydrogen) atoms. The Kier molecular flexibility index (Phi) is 7.81. The summed E-state index contributed by atoms with van der Waals surface area (Å²) in [4.78, 5) is 25.4. The van der Waals surface area contributed by atoms with E-state index in [4.69, 9.17) is 9.47 Å². The Labute approximate surface area is 182 Å². The maximum Gasteiger partial charge on any atom is 0.391 e. The lowest BCUT2D eigenvalue weighted by atomic mass is 9.83. The Morgan fingerprint density at radius 1 is 0.719 bits per heavy atom. The third kappa shape index (κ3) is 6.41. The van der Waals surface area contributed by atoms with E-state index in [1.54, 1.807) is 6.08 Å². The molecule has 0 spiro atoms. The van der Waals surface area contributed by atoms with Crippen LogP contribution >= 0.6 is 0 Å². The van der Waals surface area contributed by atoms with Gasteiger partial charge < -0.3 is 9.47 Å². The molecule has 10 heteroatoms. The standard InChI is InChI=1S/C22H28F6O4/c23-21(24,25)13-5-3-7-15(11-13)31-19(29)17-9-1-2-10-18(17)20(30)32-16-8-4-6-14(12-16)22(26,27)28/h1,9,13-18H,2-8,10-12H2. The van der Waals surface area contributed by atoms with Gasteiger partial charge in [0.15, 0.2) is 0 Å². The molecule has 0 aliphatic heterocycles. The molecule has 3 aliphatic rings. The Hall–Kier alpha value is -1.74. The average Bonchev–Trinajstić information content (AvgIpc) is 2.73. The van der Waals surface area contributed by atoms with Crippen LogP contribution in [0, 0.1) is 23.7 Å². The first-order valence-corrected chi connectivity index (χ1v) is 11.2. The van der Waals surface area contributed by atoms with Gasteiger partial charge >= 0.3 is 24.3 Å². The van der Waals surface area contributed by atoms with Crippen molar-refractivity contribution in [2.75, 3.05) is 0 Å². The van der Waals surface area contributed by atoms with Crippen LogP contribution in [-0.4, -0.2) is 36.5 Å². The lowest BCUT2D eigenvalue weighted by Gasteiger charge is -2.33. The zero-order valence-electron chi connectivity index (χ0n) is 17.6. The predicted molar refractivity (Wildman–Crippen MR) is 101 cm³/mol. The summed E-state index contributed by atoms with van der Waals surface area (Å²) in [6, 6.07) is 0. The molecule has 0 amide bonds. The van der Waals surface area contributed by atoms with Crippen LogP contribution in [0.4, 0.5) is 26.3 Å². The van der Waals surface area contributed by atoms with Gasteiger partial charge in [-0.05, 0) is 64.2 Å². The molecule has 0 heterocycles. The van der Waals surface area contributed by atoms with Crippen LogP contribution in [-0.2, 0) is 19.1 Å².